The molecule has 1 N–H and O–H groups in total. The van der Waals surface area contributed by atoms with Crippen LogP contribution in [0.25, 0.3) is 0 Å². The van der Waals surface area contributed by atoms with Gasteiger partial charge >= 0.3 is 0 Å². The molecule has 4 nitrogen and oxygen atoms in total. The molecule has 0 amide bonds. The van der Waals surface area contributed by atoms with E-state index in [2.05, 4.69) is 19.2 Å². The zero-order valence-corrected chi connectivity index (χ0v) is 11.6. The van der Waals surface area contributed by atoms with Crippen molar-refractivity contribution in [2.24, 2.45) is 5.92 Å². The number of nitrogens with zero attached hydrogens (tertiary/aromatic N) is 1. The summed E-state index contributed by atoms with van der Waals surface area (Å²) in [6.45, 7) is 5.12. The highest BCUT2D eigenvalue weighted by Gasteiger charge is 2.16. The van der Waals surface area contributed by atoms with E-state index in [1.165, 1.54) is 18.4 Å². The largest absolute Gasteiger partial charge is 0.385 e. The van der Waals surface area contributed by atoms with Gasteiger partial charge in [0, 0.05) is 26.3 Å². The fraction of sp³-hybridized carbons (Fsp3) is 0.500. The van der Waals surface area contributed by atoms with Gasteiger partial charge in [0.2, 0.25) is 10.0 Å². The second-order valence-corrected chi connectivity index (χ2v) is 6.74. The smallest absolute Gasteiger partial charge is 0.242 e. The Labute approximate surface area is 104 Å². The van der Waals surface area contributed by atoms with E-state index in [4.69, 9.17) is 0 Å². The van der Waals surface area contributed by atoms with Crippen molar-refractivity contribution < 1.29 is 8.42 Å². The van der Waals surface area contributed by atoms with Crippen LogP contribution in [0.3, 0.4) is 0 Å². The average molecular weight is 256 g/mol. The Morgan fingerprint density at radius 1 is 1.18 bits per heavy atom. The Kier molecular flexibility index (Phi) is 4.54. The summed E-state index contributed by atoms with van der Waals surface area (Å²) in [6, 6.07) is 6.83. The Hall–Kier alpha value is -1.07. The predicted molar refractivity (Wildman–Crippen MR) is 70.6 cm³/mol. The fourth-order valence-electron chi connectivity index (χ4n) is 1.28. The van der Waals surface area contributed by atoms with E-state index in [1.54, 1.807) is 24.3 Å². The summed E-state index contributed by atoms with van der Waals surface area (Å²) in [7, 11) is -0.263. The molecule has 0 radical (unpaired) electrons. The van der Waals surface area contributed by atoms with Crippen LogP contribution >= 0.6 is 0 Å². The monoisotopic (exact) mass is 256 g/mol. The van der Waals surface area contributed by atoms with E-state index in [0.29, 0.717) is 10.8 Å². The van der Waals surface area contributed by atoms with E-state index in [9.17, 15) is 8.42 Å². The number of rotatable bonds is 5. The second-order valence-electron chi connectivity index (χ2n) is 4.59. The third-order valence-electron chi connectivity index (χ3n) is 2.35. The van der Waals surface area contributed by atoms with Gasteiger partial charge in [-0.2, -0.15) is 0 Å². The van der Waals surface area contributed by atoms with Crippen molar-refractivity contribution in [2.75, 3.05) is 26.0 Å². The molecule has 0 heterocycles. The molecule has 0 aliphatic heterocycles. The highest BCUT2D eigenvalue weighted by molar-refractivity contribution is 7.89. The van der Waals surface area contributed by atoms with Gasteiger partial charge in [-0.25, -0.2) is 12.7 Å². The molecule has 96 valence electrons. The first-order valence-electron chi connectivity index (χ1n) is 5.60. The molecule has 0 saturated heterocycles. The first-order valence-corrected chi connectivity index (χ1v) is 7.04. The lowest BCUT2D eigenvalue weighted by Crippen LogP contribution is -2.22. The van der Waals surface area contributed by atoms with Crippen molar-refractivity contribution >= 4 is 15.7 Å². The third-order valence-corrected chi connectivity index (χ3v) is 4.18. The molecule has 17 heavy (non-hydrogen) atoms. The minimum absolute atomic E-state index is 0.317. The highest BCUT2D eigenvalue weighted by atomic mass is 32.2. The maximum absolute atomic E-state index is 11.8. The van der Waals surface area contributed by atoms with Crippen molar-refractivity contribution in [2.45, 2.75) is 18.7 Å². The molecule has 0 saturated carbocycles. The molecule has 5 heteroatoms. The summed E-state index contributed by atoms with van der Waals surface area (Å²) in [6.07, 6.45) is 0. The topological polar surface area (TPSA) is 49.4 Å². The number of nitrogens with one attached hydrogen (secondary N) is 1. The summed E-state index contributed by atoms with van der Waals surface area (Å²) >= 11 is 0. The zero-order chi connectivity index (χ0) is 13.1. The lowest BCUT2D eigenvalue weighted by atomic mass is 10.2. The number of hydrogen-bond acceptors (Lipinski definition) is 3. The van der Waals surface area contributed by atoms with Gasteiger partial charge in [0.25, 0.3) is 0 Å². The van der Waals surface area contributed by atoms with Gasteiger partial charge < -0.3 is 5.32 Å². The number of anilines is 1. The van der Waals surface area contributed by atoms with Crippen molar-refractivity contribution in [1.29, 1.82) is 0 Å². The molecule has 1 aromatic carbocycles. The van der Waals surface area contributed by atoms with Crippen LogP contribution in [0.5, 0.6) is 0 Å². The van der Waals surface area contributed by atoms with Gasteiger partial charge in [-0.1, -0.05) is 13.8 Å². The van der Waals surface area contributed by atoms with E-state index >= 15 is 0 Å². The Bertz CT molecular complexity index is 450. The van der Waals surface area contributed by atoms with Crippen molar-refractivity contribution in [1.82, 2.24) is 4.31 Å². The number of sulfonamides is 1. The van der Waals surface area contributed by atoms with Gasteiger partial charge in [0.1, 0.15) is 0 Å². The zero-order valence-electron chi connectivity index (χ0n) is 10.8. The van der Waals surface area contributed by atoms with E-state index in [0.717, 1.165) is 12.2 Å². The van der Waals surface area contributed by atoms with Crippen molar-refractivity contribution in [3.05, 3.63) is 24.3 Å². The van der Waals surface area contributed by atoms with Crippen LogP contribution in [-0.4, -0.2) is 33.4 Å². The molecule has 0 fully saturated rings. The molecule has 1 aromatic rings. The summed E-state index contributed by atoms with van der Waals surface area (Å²) in [5.41, 5.74) is 0.941. The first kappa shape index (κ1) is 14.0. The minimum Gasteiger partial charge on any atom is -0.385 e. The standard InChI is InChI=1S/C12H20N2O2S/c1-10(2)9-13-11-5-7-12(8-6-11)17(15,16)14(3)4/h5-8,10,13H,9H2,1-4H3. The molecule has 0 spiro atoms. The quantitative estimate of drug-likeness (QED) is 0.876. The van der Waals surface area contributed by atoms with E-state index < -0.39 is 10.0 Å². The second kappa shape index (κ2) is 5.51. The van der Waals surface area contributed by atoms with Gasteiger partial charge in [-0.15, -0.1) is 0 Å². The Balaban J connectivity index is 2.82. The molecule has 0 aliphatic rings. The van der Waals surface area contributed by atoms with E-state index in [1.807, 2.05) is 0 Å². The maximum atomic E-state index is 11.8. The number of benzene rings is 1. The number of hydrogen-bond donors (Lipinski definition) is 1. The Morgan fingerprint density at radius 2 is 1.71 bits per heavy atom. The normalized spacial score (nSPS) is 12.1. The van der Waals surface area contributed by atoms with Crippen LogP contribution in [0.4, 0.5) is 5.69 Å². The Morgan fingerprint density at radius 3 is 2.12 bits per heavy atom. The van der Waals surface area contributed by atoms with Gasteiger partial charge in [-0.05, 0) is 30.2 Å². The van der Waals surface area contributed by atoms with Crippen LogP contribution in [-0.2, 0) is 10.0 Å². The molecular weight excluding hydrogens is 236 g/mol. The van der Waals surface area contributed by atoms with Crippen molar-refractivity contribution in [3.8, 4) is 0 Å². The molecular formula is C12H20N2O2S. The summed E-state index contributed by atoms with van der Waals surface area (Å²) < 4.78 is 24.8. The highest BCUT2D eigenvalue weighted by Crippen LogP contribution is 2.16. The van der Waals surface area contributed by atoms with E-state index in [-0.39, 0.29) is 0 Å². The van der Waals surface area contributed by atoms with Crippen LogP contribution in [0.1, 0.15) is 13.8 Å². The van der Waals surface area contributed by atoms with Crippen LogP contribution in [0.15, 0.2) is 29.2 Å². The average Bonchev–Trinajstić information content (AvgIpc) is 2.26. The predicted octanol–water partition coefficient (Wildman–Crippen LogP) is 2.00. The fourth-order valence-corrected chi connectivity index (χ4v) is 2.18. The van der Waals surface area contributed by atoms with Crippen LogP contribution < -0.4 is 5.32 Å². The van der Waals surface area contributed by atoms with Gasteiger partial charge in [0.05, 0.1) is 4.90 Å². The van der Waals surface area contributed by atoms with Crippen LogP contribution in [0.2, 0.25) is 0 Å². The summed E-state index contributed by atoms with van der Waals surface area (Å²) in [4.78, 5) is 0.317. The molecule has 1 rings (SSSR count). The SMILES string of the molecule is CC(C)CNc1ccc(S(=O)(=O)N(C)C)cc1. The third kappa shape index (κ3) is 3.71. The lowest BCUT2D eigenvalue weighted by Gasteiger charge is -2.13. The van der Waals surface area contributed by atoms with Gasteiger partial charge in [0.15, 0.2) is 0 Å². The molecule has 0 unspecified atom stereocenters. The minimum atomic E-state index is -3.32. The molecule has 0 aromatic heterocycles. The molecule has 0 aliphatic carbocycles. The van der Waals surface area contributed by atoms with Gasteiger partial charge in [-0.3, -0.25) is 0 Å². The van der Waals surface area contributed by atoms with Crippen molar-refractivity contribution in [3.63, 3.8) is 0 Å². The lowest BCUT2D eigenvalue weighted by molar-refractivity contribution is 0.521. The summed E-state index contributed by atoms with van der Waals surface area (Å²) in [5, 5.41) is 3.24. The first-order chi connectivity index (χ1) is 7.84. The summed E-state index contributed by atoms with van der Waals surface area (Å²) in [5.74, 6) is 0.556. The van der Waals surface area contributed by atoms with Crippen LogP contribution in [0, 0.1) is 5.92 Å². The molecule has 0 atom stereocenters. The molecule has 0 bridgehead atoms. The maximum Gasteiger partial charge on any atom is 0.242 e.